The van der Waals surface area contributed by atoms with Crippen molar-refractivity contribution in [3.05, 3.63) is 66.1 Å². The number of ether oxygens (including phenoxy) is 2. The van der Waals surface area contributed by atoms with Gasteiger partial charge in [0.2, 0.25) is 11.7 Å². The Kier molecular flexibility index (Phi) is 7.15. The molecule has 4 rings (SSSR count). The van der Waals surface area contributed by atoms with Gasteiger partial charge in [-0.2, -0.15) is 13.2 Å². The average Bonchev–Trinajstić information content (AvgIpc) is 3.48. The summed E-state index contributed by atoms with van der Waals surface area (Å²) in [4.78, 5) is 30.3. The van der Waals surface area contributed by atoms with Crippen LogP contribution in [0.5, 0.6) is 5.75 Å². The number of amides is 2. The number of nitrogens with one attached hydrogen (secondary N) is 1. The maximum Gasteiger partial charge on any atom is 0.452 e. The zero-order chi connectivity index (χ0) is 26.8. The van der Waals surface area contributed by atoms with E-state index in [9.17, 15) is 22.8 Å². The third kappa shape index (κ3) is 6.60. The van der Waals surface area contributed by atoms with E-state index in [1.54, 1.807) is 56.0 Å². The van der Waals surface area contributed by atoms with E-state index in [-0.39, 0.29) is 17.7 Å². The third-order valence-electron chi connectivity index (χ3n) is 5.33. The molecule has 37 heavy (non-hydrogen) atoms. The molecule has 0 radical (unpaired) electrons. The normalized spacial score (nSPS) is 15.9. The van der Waals surface area contributed by atoms with E-state index in [2.05, 4.69) is 10.3 Å². The van der Waals surface area contributed by atoms with Crippen LogP contribution in [0, 0.1) is 0 Å². The van der Waals surface area contributed by atoms with Crippen LogP contribution < -0.4 is 10.1 Å². The first kappa shape index (κ1) is 26.1. The molecule has 1 fully saturated rings. The lowest BCUT2D eigenvalue weighted by Crippen LogP contribution is -2.36. The first-order chi connectivity index (χ1) is 17.4. The van der Waals surface area contributed by atoms with Crippen LogP contribution in [0.3, 0.4) is 0 Å². The molecular formula is C26H26F3N3O5. The summed E-state index contributed by atoms with van der Waals surface area (Å²) < 4.78 is 56.8. The monoisotopic (exact) mass is 517 g/mol. The maximum absolute atomic E-state index is 13.5. The molecule has 2 amide bonds. The van der Waals surface area contributed by atoms with E-state index < -0.39 is 35.2 Å². The van der Waals surface area contributed by atoms with Gasteiger partial charge in [0, 0.05) is 24.2 Å². The lowest BCUT2D eigenvalue weighted by molar-refractivity contribution is -0.153. The molecule has 8 nitrogen and oxygen atoms in total. The molecule has 1 atom stereocenters. The van der Waals surface area contributed by atoms with Gasteiger partial charge in [0.25, 0.3) is 5.91 Å². The van der Waals surface area contributed by atoms with Crippen LogP contribution in [0.1, 0.15) is 43.4 Å². The topological polar surface area (TPSA) is 93.9 Å². The number of oxazole rings is 1. The highest BCUT2D eigenvalue weighted by Crippen LogP contribution is 2.35. The molecule has 0 spiro atoms. The first-order valence-electron chi connectivity index (χ1n) is 11.6. The molecule has 3 aromatic rings. The summed E-state index contributed by atoms with van der Waals surface area (Å²) in [7, 11) is 0. The second-order valence-corrected chi connectivity index (χ2v) is 9.49. The van der Waals surface area contributed by atoms with E-state index >= 15 is 0 Å². The smallest absolute Gasteiger partial charge is 0.452 e. The molecule has 1 unspecified atom stereocenters. The maximum atomic E-state index is 13.5. The van der Waals surface area contributed by atoms with E-state index in [0.717, 1.165) is 0 Å². The van der Waals surface area contributed by atoms with Gasteiger partial charge in [-0.1, -0.05) is 18.2 Å². The number of anilines is 1. The fourth-order valence-corrected chi connectivity index (χ4v) is 3.69. The van der Waals surface area contributed by atoms with Gasteiger partial charge in [-0.05, 0) is 57.2 Å². The Labute approximate surface area is 211 Å². The third-order valence-corrected chi connectivity index (χ3v) is 5.33. The van der Waals surface area contributed by atoms with Crippen molar-refractivity contribution in [2.75, 3.05) is 18.4 Å². The average molecular weight is 518 g/mol. The minimum absolute atomic E-state index is 0.242. The Morgan fingerprint density at radius 1 is 1.05 bits per heavy atom. The lowest BCUT2D eigenvalue weighted by atomic mass is 10.2. The number of rotatable bonds is 5. The Bertz CT molecular complexity index is 1250. The molecule has 11 heteroatoms. The molecule has 1 aliphatic rings. The van der Waals surface area contributed by atoms with Gasteiger partial charge < -0.3 is 24.1 Å². The van der Waals surface area contributed by atoms with Crippen LogP contribution in [0.15, 0.2) is 59.0 Å². The highest BCUT2D eigenvalue weighted by Gasteiger charge is 2.42. The molecule has 1 aliphatic heterocycles. The van der Waals surface area contributed by atoms with Crippen LogP contribution in [-0.4, -0.2) is 46.7 Å². The summed E-state index contributed by atoms with van der Waals surface area (Å²) in [6, 6.07) is 14.2. The number of carbonyl (C=O) groups is 2. The molecule has 0 bridgehead atoms. The Morgan fingerprint density at radius 2 is 1.73 bits per heavy atom. The summed E-state index contributed by atoms with van der Waals surface area (Å²) in [6.45, 7) is 6.25. The molecule has 2 heterocycles. The molecule has 1 aromatic heterocycles. The number of hydrogen-bond acceptors (Lipinski definition) is 6. The number of hydrogen-bond donors (Lipinski definition) is 1. The van der Waals surface area contributed by atoms with Crippen molar-refractivity contribution in [1.29, 1.82) is 0 Å². The van der Waals surface area contributed by atoms with Crippen LogP contribution in [0.25, 0.3) is 11.5 Å². The summed E-state index contributed by atoms with van der Waals surface area (Å²) in [5.41, 5.74) is -0.895. The van der Waals surface area contributed by atoms with Crippen LogP contribution >= 0.6 is 0 Å². The number of aromatic nitrogens is 1. The predicted octanol–water partition coefficient (Wildman–Crippen LogP) is 6.00. The number of nitrogens with zero attached hydrogens (tertiary/aromatic N) is 2. The van der Waals surface area contributed by atoms with Crippen molar-refractivity contribution < 1.29 is 36.7 Å². The zero-order valence-electron chi connectivity index (χ0n) is 20.5. The molecule has 1 N–H and O–H groups in total. The van der Waals surface area contributed by atoms with E-state index in [4.69, 9.17) is 13.9 Å². The second-order valence-electron chi connectivity index (χ2n) is 9.49. The van der Waals surface area contributed by atoms with Gasteiger partial charge in [-0.15, -0.1) is 0 Å². The van der Waals surface area contributed by atoms with Crippen molar-refractivity contribution in [2.45, 2.75) is 45.1 Å². The highest BCUT2D eigenvalue weighted by molar-refractivity contribution is 6.04. The Morgan fingerprint density at radius 3 is 2.35 bits per heavy atom. The molecule has 0 aliphatic carbocycles. The van der Waals surface area contributed by atoms with Gasteiger partial charge >= 0.3 is 12.3 Å². The summed E-state index contributed by atoms with van der Waals surface area (Å²) in [5, 5.41) is 2.41. The van der Waals surface area contributed by atoms with Crippen molar-refractivity contribution in [2.24, 2.45) is 0 Å². The number of alkyl halides is 3. The van der Waals surface area contributed by atoms with Gasteiger partial charge in [-0.3, -0.25) is 4.79 Å². The van der Waals surface area contributed by atoms with E-state index in [1.807, 2.05) is 0 Å². The van der Waals surface area contributed by atoms with Gasteiger partial charge in [0.05, 0.1) is 6.54 Å². The van der Waals surface area contributed by atoms with Gasteiger partial charge in [0.1, 0.15) is 17.5 Å². The molecule has 1 saturated heterocycles. The van der Waals surface area contributed by atoms with Crippen molar-refractivity contribution >= 4 is 17.7 Å². The summed E-state index contributed by atoms with van der Waals surface area (Å²) in [6.07, 6.45) is -4.93. The fourth-order valence-electron chi connectivity index (χ4n) is 3.69. The quantitative estimate of drug-likeness (QED) is 0.446. The molecule has 196 valence electrons. The largest absolute Gasteiger partial charge is 0.489 e. The van der Waals surface area contributed by atoms with E-state index in [0.29, 0.717) is 30.8 Å². The SMILES string of the molecule is CC(C)(C)OC(=O)N1CCC(Oc2ccc(NC(=O)c3nc(-c4ccccc4)oc3C(F)(F)F)cc2)C1. The minimum atomic E-state index is -4.90. The first-order valence-corrected chi connectivity index (χ1v) is 11.6. The number of likely N-dealkylation sites (tertiary alicyclic amines) is 1. The number of carbonyl (C=O) groups excluding carboxylic acids is 2. The Balaban J connectivity index is 1.40. The molecule has 2 aromatic carbocycles. The number of benzene rings is 2. The lowest BCUT2D eigenvalue weighted by Gasteiger charge is -2.24. The molecular weight excluding hydrogens is 491 g/mol. The predicted molar refractivity (Wildman–Crippen MR) is 128 cm³/mol. The Hall–Kier alpha value is -4.02. The van der Waals surface area contributed by atoms with Crippen molar-refractivity contribution in [3.63, 3.8) is 0 Å². The second kappa shape index (κ2) is 10.2. The van der Waals surface area contributed by atoms with E-state index in [1.165, 1.54) is 24.3 Å². The van der Waals surface area contributed by atoms with Gasteiger partial charge in [-0.25, -0.2) is 9.78 Å². The summed E-state index contributed by atoms with van der Waals surface area (Å²) in [5.74, 6) is -2.35. The standard InChI is InChI=1S/C26H26F3N3O5/c1-25(2,3)37-24(34)32-14-13-19(15-32)35-18-11-9-17(10-12-18)30-22(33)20-21(26(27,28)29)36-23(31-20)16-7-5-4-6-8-16/h4-12,19H,13-15H2,1-3H3,(H,30,33). The summed E-state index contributed by atoms with van der Waals surface area (Å²) >= 11 is 0. The fraction of sp³-hybridized carbons (Fsp3) is 0.346. The van der Waals surface area contributed by atoms with Crippen molar-refractivity contribution in [3.8, 4) is 17.2 Å². The molecule has 0 saturated carbocycles. The van der Waals surface area contributed by atoms with Crippen LogP contribution in [-0.2, 0) is 10.9 Å². The van der Waals surface area contributed by atoms with Crippen LogP contribution in [0.2, 0.25) is 0 Å². The number of halogens is 3. The minimum Gasteiger partial charge on any atom is -0.489 e. The zero-order valence-corrected chi connectivity index (χ0v) is 20.5. The highest BCUT2D eigenvalue weighted by atomic mass is 19.4. The van der Waals surface area contributed by atoms with Gasteiger partial charge in [0.15, 0.2) is 5.69 Å². The van der Waals surface area contributed by atoms with Crippen LogP contribution in [0.4, 0.5) is 23.7 Å². The van der Waals surface area contributed by atoms with Crippen molar-refractivity contribution in [1.82, 2.24) is 9.88 Å².